The lowest BCUT2D eigenvalue weighted by molar-refractivity contribution is -0.140. The summed E-state index contributed by atoms with van der Waals surface area (Å²) in [7, 11) is 0. The van der Waals surface area contributed by atoms with Gasteiger partial charge in [-0.05, 0) is 23.8 Å². The topological polar surface area (TPSA) is 43.1 Å². The van der Waals surface area contributed by atoms with Crippen molar-refractivity contribution in [2.45, 2.75) is 6.18 Å². The van der Waals surface area contributed by atoms with Crippen molar-refractivity contribution in [1.82, 2.24) is 19.6 Å². The van der Waals surface area contributed by atoms with Crippen molar-refractivity contribution in [2.75, 3.05) is 0 Å². The van der Waals surface area contributed by atoms with Gasteiger partial charge in [-0.2, -0.15) is 13.2 Å². The zero-order valence-corrected chi connectivity index (χ0v) is 12.8. The van der Waals surface area contributed by atoms with E-state index in [4.69, 9.17) is 0 Å². The number of aromatic nitrogens is 4. The maximum Gasteiger partial charge on any atom is 0.437 e. The number of hydrogen-bond acceptors (Lipinski definition) is 3. The molecule has 2 aromatic heterocycles. The van der Waals surface area contributed by atoms with Gasteiger partial charge in [0.1, 0.15) is 0 Å². The molecular formula is C18H11F3N4. The number of benzene rings is 2. The van der Waals surface area contributed by atoms with Crippen molar-refractivity contribution in [3.05, 3.63) is 71.7 Å². The second-order valence-electron chi connectivity index (χ2n) is 5.41. The summed E-state index contributed by atoms with van der Waals surface area (Å²) in [6, 6.07) is 16.0. The van der Waals surface area contributed by atoms with Crippen LogP contribution in [0.25, 0.3) is 28.8 Å². The highest BCUT2D eigenvalue weighted by Crippen LogP contribution is 2.32. The molecule has 124 valence electrons. The molecule has 0 radical (unpaired) electrons. The first-order valence-corrected chi connectivity index (χ1v) is 7.48. The summed E-state index contributed by atoms with van der Waals surface area (Å²) in [6.45, 7) is 0. The maximum atomic E-state index is 13.3. The van der Waals surface area contributed by atoms with Crippen molar-refractivity contribution < 1.29 is 13.2 Å². The summed E-state index contributed by atoms with van der Waals surface area (Å²) < 4.78 is 41.4. The van der Waals surface area contributed by atoms with Gasteiger partial charge in [0.05, 0.1) is 11.0 Å². The Morgan fingerprint density at radius 2 is 1.56 bits per heavy atom. The number of hydrogen-bond donors (Lipinski definition) is 0. The molecule has 0 aliphatic heterocycles. The van der Waals surface area contributed by atoms with E-state index in [1.807, 2.05) is 30.3 Å². The van der Waals surface area contributed by atoms with Gasteiger partial charge in [-0.1, -0.05) is 48.5 Å². The van der Waals surface area contributed by atoms with E-state index in [-0.39, 0.29) is 11.2 Å². The van der Waals surface area contributed by atoms with Crippen LogP contribution in [-0.4, -0.2) is 19.6 Å². The van der Waals surface area contributed by atoms with Crippen LogP contribution >= 0.6 is 0 Å². The van der Waals surface area contributed by atoms with Crippen molar-refractivity contribution in [3.63, 3.8) is 0 Å². The Morgan fingerprint density at radius 3 is 2.32 bits per heavy atom. The molecule has 4 nitrogen and oxygen atoms in total. The number of halogens is 3. The van der Waals surface area contributed by atoms with E-state index in [1.54, 1.807) is 30.4 Å². The highest BCUT2D eigenvalue weighted by molar-refractivity contribution is 5.80. The van der Waals surface area contributed by atoms with Crippen LogP contribution in [0.1, 0.15) is 17.1 Å². The molecule has 0 N–H and O–H groups in total. The zero-order chi connectivity index (χ0) is 17.4. The smallest absolute Gasteiger partial charge is 0.272 e. The lowest BCUT2D eigenvalue weighted by Gasteiger charge is -2.09. The van der Waals surface area contributed by atoms with E-state index >= 15 is 0 Å². The molecule has 2 aromatic carbocycles. The van der Waals surface area contributed by atoms with Crippen LogP contribution in [0.5, 0.6) is 0 Å². The summed E-state index contributed by atoms with van der Waals surface area (Å²) in [4.78, 5) is 3.73. The highest BCUT2D eigenvalue weighted by atomic mass is 19.4. The molecular weight excluding hydrogens is 329 g/mol. The number of nitrogens with zero attached hydrogens (tertiary/aromatic N) is 4. The lowest BCUT2D eigenvalue weighted by atomic mass is 10.2. The first-order chi connectivity index (χ1) is 12.0. The Labute approximate surface area is 140 Å². The molecule has 0 unspecified atom stereocenters. The van der Waals surface area contributed by atoms with Crippen LogP contribution < -0.4 is 0 Å². The van der Waals surface area contributed by atoms with E-state index in [1.165, 1.54) is 10.5 Å². The Balaban J connectivity index is 1.98. The number of rotatable bonds is 2. The minimum absolute atomic E-state index is 0.233. The number of para-hydroxylation sites is 2. The van der Waals surface area contributed by atoms with Crippen LogP contribution in [0, 0.1) is 0 Å². The lowest BCUT2D eigenvalue weighted by Crippen LogP contribution is -2.11. The van der Waals surface area contributed by atoms with Gasteiger partial charge in [0.2, 0.25) is 0 Å². The van der Waals surface area contributed by atoms with E-state index in [9.17, 15) is 13.2 Å². The molecule has 25 heavy (non-hydrogen) atoms. The van der Waals surface area contributed by atoms with Gasteiger partial charge in [-0.15, -0.1) is 10.2 Å². The molecule has 7 heteroatoms. The summed E-state index contributed by atoms with van der Waals surface area (Å²) in [6.07, 6.45) is -1.19. The fourth-order valence-electron chi connectivity index (χ4n) is 2.64. The van der Waals surface area contributed by atoms with Gasteiger partial charge in [-0.25, -0.2) is 4.98 Å². The van der Waals surface area contributed by atoms with Gasteiger partial charge in [0, 0.05) is 0 Å². The van der Waals surface area contributed by atoms with Gasteiger partial charge in [-0.3, -0.25) is 4.40 Å². The van der Waals surface area contributed by atoms with E-state index < -0.39 is 11.9 Å². The Bertz CT molecular complexity index is 1080. The molecule has 0 aliphatic carbocycles. The molecule has 0 saturated heterocycles. The highest BCUT2D eigenvalue weighted by Gasteiger charge is 2.37. The second kappa shape index (κ2) is 5.70. The van der Waals surface area contributed by atoms with Gasteiger partial charge < -0.3 is 0 Å². The first kappa shape index (κ1) is 15.3. The minimum atomic E-state index is -4.61. The van der Waals surface area contributed by atoms with Crippen LogP contribution in [0.3, 0.4) is 0 Å². The minimum Gasteiger partial charge on any atom is -0.272 e. The summed E-state index contributed by atoms with van der Waals surface area (Å²) in [5.41, 5.74) is 0.310. The third-order valence-corrected chi connectivity index (χ3v) is 3.75. The largest absolute Gasteiger partial charge is 0.437 e. The maximum absolute atomic E-state index is 13.3. The summed E-state index contributed by atoms with van der Waals surface area (Å²) in [5.74, 6) is 0.308. The number of alkyl halides is 3. The Hall–Kier alpha value is -3.22. The van der Waals surface area contributed by atoms with E-state index in [0.717, 1.165) is 5.56 Å². The quantitative estimate of drug-likeness (QED) is 0.541. The molecule has 0 amide bonds. The molecule has 0 bridgehead atoms. The monoisotopic (exact) mass is 340 g/mol. The number of fused-ring (bicyclic) bond motifs is 3. The van der Waals surface area contributed by atoms with Gasteiger partial charge in [0.25, 0.3) is 0 Å². The van der Waals surface area contributed by atoms with Crippen LogP contribution in [0.2, 0.25) is 0 Å². The molecule has 0 atom stereocenters. The second-order valence-corrected chi connectivity index (χ2v) is 5.41. The van der Waals surface area contributed by atoms with Crippen molar-refractivity contribution in [3.8, 4) is 0 Å². The first-order valence-electron chi connectivity index (χ1n) is 7.48. The normalized spacial score (nSPS) is 12.4. The van der Waals surface area contributed by atoms with Crippen LogP contribution in [0.15, 0.2) is 54.6 Å². The van der Waals surface area contributed by atoms with E-state index in [0.29, 0.717) is 11.3 Å². The Kier molecular flexibility index (Phi) is 3.49. The fraction of sp³-hybridized carbons (Fsp3) is 0.0556. The molecule has 2 heterocycles. The molecule has 0 fully saturated rings. The summed E-state index contributed by atoms with van der Waals surface area (Å²) >= 11 is 0. The van der Waals surface area contributed by atoms with Gasteiger partial charge >= 0.3 is 6.18 Å². The van der Waals surface area contributed by atoms with E-state index in [2.05, 4.69) is 15.2 Å². The molecule has 4 aromatic rings. The summed E-state index contributed by atoms with van der Waals surface area (Å²) in [5, 5.41) is 7.65. The average molecular weight is 340 g/mol. The fourth-order valence-corrected chi connectivity index (χ4v) is 2.64. The van der Waals surface area contributed by atoms with Crippen molar-refractivity contribution in [1.29, 1.82) is 0 Å². The molecule has 0 aliphatic rings. The van der Waals surface area contributed by atoms with Gasteiger partial charge in [0.15, 0.2) is 17.2 Å². The standard InChI is InChI=1S/C18H11F3N4/c19-18(20,21)16-17-24-23-15(11-10-12-6-2-1-3-7-12)25(17)14-9-5-4-8-13(14)22-16/h1-11H. The molecule has 0 spiro atoms. The van der Waals surface area contributed by atoms with Crippen molar-refractivity contribution in [2.24, 2.45) is 0 Å². The van der Waals surface area contributed by atoms with Crippen LogP contribution in [-0.2, 0) is 6.18 Å². The molecule has 0 saturated carbocycles. The predicted molar refractivity (Wildman–Crippen MR) is 88.7 cm³/mol. The SMILES string of the molecule is FC(F)(F)c1nc2ccccc2n2c(C=Cc3ccccc3)nnc12. The third kappa shape index (κ3) is 2.73. The third-order valence-electron chi connectivity index (χ3n) is 3.75. The molecule has 4 rings (SSSR count). The average Bonchev–Trinajstić information content (AvgIpc) is 3.03. The van der Waals surface area contributed by atoms with Crippen LogP contribution in [0.4, 0.5) is 13.2 Å². The predicted octanol–water partition coefficient (Wildman–Crippen LogP) is 4.47. The zero-order valence-electron chi connectivity index (χ0n) is 12.8. The Morgan fingerprint density at radius 1 is 0.840 bits per heavy atom. The van der Waals surface area contributed by atoms with Crippen molar-refractivity contribution >= 4 is 28.8 Å².